The molecule has 0 atom stereocenters. The third-order valence-electron chi connectivity index (χ3n) is 3.22. The molecule has 1 aromatic carbocycles. The van der Waals surface area contributed by atoms with Crippen LogP contribution in [0.4, 0.5) is 0 Å². The normalized spacial score (nSPS) is 16.6. The van der Waals surface area contributed by atoms with Crippen molar-refractivity contribution in [2.75, 3.05) is 7.11 Å². The molecule has 0 unspecified atom stereocenters. The summed E-state index contributed by atoms with van der Waals surface area (Å²) in [6.45, 7) is 0.799. The maximum atomic E-state index is 6.17. The summed E-state index contributed by atoms with van der Waals surface area (Å²) in [7, 11) is 1.69. The number of methoxy groups -OCH3 is 1. The van der Waals surface area contributed by atoms with Crippen molar-refractivity contribution in [2.45, 2.75) is 38.3 Å². The van der Waals surface area contributed by atoms with Crippen LogP contribution in [0.25, 0.3) is 0 Å². The molecule has 1 fully saturated rings. The lowest BCUT2D eigenvalue weighted by atomic mass is 10.1. The first-order chi connectivity index (χ1) is 7.81. The zero-order valence-corrected chi connectivity index (χ0v) is 10.4. The van der Waals surface area contributed by atoms with Crippen LogP contribution in [0.3, 0.4) is 0 Å². The van der Waals surface area contributed by atoms with E-state index in [4.69, 9.17) is 16.3 Å². The number of halogens is 1. The summed E-state index contributed by atoms with van der Waals surface area (Å²) in [4.78, 5) is 0. The van der Waals surface area contributed by atoms with E-state index in [1.165, 1.54) is 25.7 Å². The minimum absolute atomic E-state index is 0.654. The maximum absolute atomic E-state index is 6.17. The van der Waals surface area contributed by atoms with Gasteiger partial charge in [-0.15, -0.1) is 0 Å². The summed E-state index contributed by atoms with van der Waals surface area (Å²) >= 11 is 6.17. The van der Waals surface area contributed by atoms with Crippen LogP contribution in [0.15, 0.2) is 18.2 Å². The van der Waals surface area contributed by atoms with Crippen molar-refractivity contribution in [1.82, 2.24) is 5.32 Å². The largest absolute Gasteiger partial charge is 0.496 e. The lowest BCUT2D eigenvalue weighted by molar-refractivity contribution is 0.405. The van der Waals surface area contributed by atoms with E-state index in [1.807, 2.05) is 18.2 Å². The van der Waals surface area contributed by atoms with E-state index >= 15 is 0 Å². The highest BCUT2D eigenvalue weighted by Gasteiger charge is 2.15. The summed E-state index contributed by atoms with van der Waals surface area (Å²) in [6, 6.07) is 6.44. The van der Waals surface area contributed by atoms with Gasteiger partial charge in [-0.3, -0.25) is 0 Å². The predicted molar refractivity (Wildman–Crippen MR) is 67.1 cm³/mol. The molecule has 3 heteroatoms. The van der Waals surface area contributed by atoms with Crippen molar-refractivity contribution >= 4 is 11.6 Å². The first-order valence-corrected chi connectivity index (χ1v) is 6.24. The Labute approximate surface area is 102 Å². The minimum Gasteiger partial charge on any atom is -0.496 e. The van der Waals surface area contributed by atoms with Crippen LogP contribution in [-0.2, 0) is 6.54 Å². The number of rotatable bonds is 4. The fourth-order valence-electron chi connectivity index (χ4n) is 2.28. The van der Waals surface area contributed by atoms with Crippen LogP contribution >= 0.6 is 11.6 Å². The number of benzene rings is 1. The lowest BCUT2D eigenvalue weighted by Crippen LogP contribution is -2.25. The second-order valence-electron chi connectivity index (χ2n) is 4.28. The molecule has 1 aromatic rings. The van der Waals surface area contributed by atoms with Crippen molar-refractivity contribution in [1.29, 1.82) is 0 Å². The van der Waals surface area contributed by atoms with Gasteiger partial charge in [0.25, 0.3) is 0 Å². The van der Waals surface area contributed by atoms with Crippen molar-refractivity contribution in [3.63, 3.8) is 0 Å². The zero-order chi connectivity index (χ0) is 11.4. The van der Waals surface area contributed by atoms with E-state index in [2.05, 4.69) is 5.32 Å². The third-order valence-corrected chi connectivity index (χ3v) is 3.57. The molecular formula is C13H18ClNO. The summed E-state index contributed by atoms with van der Waals surface area (Å²) in [6.07, 6.45) is 5.26. The van der Waals surface area contributed by atoms with Crippen LogP contribution in [0, 0.1) is 0 Å². The molecule has 0 heterocycles. The Morgan fingerprint density at radius 2 is 2.12 bits per heavy atom. The molecule has 1 saturated carbocycles. The Kier molecular flexibility index (Phi) is 4.08. The lowest BCUT2D eigenvalue weighted by Gasteiger charge is -2.15. The summed E-state index contributed by atoms with van der Waals surface area (Å²) in [5.74, 6) is 0.873. The van der Waals surface area contributed by atoms with Crippen molar-refractivity contribution in [2.24, 2.45) is 0 Å². The molecule has 0 amide bonds. The molecule has 1 aliphatic carbocycles. The van der Waals surface area contributed by atoms with Crippen LogP contribution in [0.1, 0.15) is 31.2 Å². The standard InChI is InChI=1S/C13H18ClNO/c1-16-13-8-4-7-12(14)11(13)9-15-10-5-2-3-6-10/h4,7-8,10,15H,2-3,5-6,9H2,1H3. The Balaban J connectivity index is 2.01. The van der Waals surface area contributed by atoms with Crippen LogP contribution in [-0.4, -0.2) is 13.2 Å². The zero-order valence-electron chi connectivity index (χ0n) is 9.63. The maximum Gasteiger partial charge on any atom is 0.124 e. The Bertz CT molecular complexity index is 348. The Morgan fingerprint density at radius 3 is 2.81 bits per heavy atom. The van der Waals surface area contributed by atoms with E-state index < -0.39 is 0 Å². The number of ether oxygens (including phenoxy) is 1. The van der Waals surface area contributed by atoms with E-state index in [0.717, 1.165) is 22.9 Å². The predicted octanol–water partition coefficient (Wildman–Crippen LogP) is 3.38. The monoisotopic (exact) mass is 239 g/mol. The molecular weight excluding hydrogens is 222 g/mol. The highest BCUT2D eigenvalue weighted by atomic mass is 35.5. The van der Waals surface area contributed by atoms with E-state index in [-0.39, 0.29) is 0 Å². The van der Waals surface area contributed by atoms with Gasteiger partial charge in [0.15, 0.2) is 0 Å². The van der Waals surface area contributed by atoms with Crippen LogP contribution in [0.5, 0.6) is 5.75 Å². The minimum atomic E-state index is 0.654. The van der Waals surface area contributed by atoms with Crippen molar-refractivity contribution in [3.05, 3.63) is 28.8 Å². The SMILES string of the molecule is COc1cccc(Cl)c1CNC1CCCC1. The van der Waals surface area contributed by atoms with Gasteiger partial charge in [0.1, 0.15) is 5.75 Å². The number of nitrogens with one attached hydrogen (secondary N) is 1. The topological polar surface area (TPSA) is 21.3 Å². The van der Waals surface area contributed by atoms with E-state index in [1.54, 1.807) is 7.11 Å². The average molecular weight is 240 g/mol. The molecule has 0 bridgehead atoms. The van der Waals surface area contributed by atoms with Gasteiger partial charge in [-0.1, -0.05) is 30.5 Å². The fraction of sp³-hybridized carbons (Fsp3) is 0.538. The summed E-state index contributed by atoms with van der Waals surface area (Å²) in [5.41, 5.74) is 1.07. The molecule has 1 N–H and O–H groups in total. The third kappa shape index (κ3) is 2.69. The summed E-state index contributed by atoms with van der Waals surface area (Å²) in [5, 5.41) is 4.33. The highest BCUT2D eigenvalue weighted by molar-refractivity contribution is 6.31. The molecule has 16 heavy (non-hydrogen) atoms. The molecule has 1 aliphatic rings. The molecule has 0 aliphatic heterocycles. The first kappa shape index (κ1) is 11.7. The first-order valence-electron chi connectivity index (χ1n) is 5.86. The molecule has 2 rings (SSSR count). The van der Waals surface area contributed by atoms with Crippen molar-refractivity contribution in [3.8, 4) is 5.75 Å². The van der Waals surface area contributed by atoms with Gasteiger partial charge in [-0.05, 0) is 25.0 Å². The second-order valence-corrected chi connectivity index (χ2v) is 4.69. The highest BCUT2D eigenvalue weighted by Crippen LogP contribution is 2.27. The van der Waals surface area contributed by atoms with Gasteiger partial charge >= 0.3 is 0 Å². The second kappa shape index (κ2) is 5.55. The Hall–Kier alpha value is -0.730. The van der Waals surface area contributed by atoms with Crippen LogP contribution < -0.4 is 10.1 Å². The smallest absolute Gasteiger partial charge is 0.124 e. The molecule has 0 spiro atoms. The fourth-order valence-corrected chi connectivity index (χ4v) is 2.51. The molecule has 0 saturated heterocycles. The van der Waals surface area contributed by atoms with Gasteiger partial charge in [0.05, 0.1) is 7.11 Å². The van der Waals surface area contributed by atoms with Crippen LogP contribution in [0.2, 0.25) is 5.02 Å². The van der Waals surface area contributed by atoms with E-state index in [0.29, 0.717) is 6.04 Å². The van der Waals surface area contributed by atoms with Gasteiger partial charge in [0.2, 0.25) is 0 Å². The Morgan fingerprint density at radius 1 is 1.38 bits per heavy atom. The van der Waals surface area contributed by atoms with Gasteiger partial charge < -0.3 is 10.1 Å². The quantitative estimate of drug-likeness (QED) is 0.870. The van der Waals surface area contributed by atoms with E-state index in [9.17, 15) is 0 Å². The average Bonchev–Trinajstić information content (AvgIpc) is 2.80. The molecule has 0 aromatic heterocycles. The molecule has 0 radical (unpaired) electrons. The van der Waals surface area contributed by atoms with Gasteiger partial charge in [-0.2, -0.15) is 0 Å². The number of hydrogen-bond acceptors (Lipinski definition) is 2. The van der Waals surface area contributed by atoms with Gasteiger partial charge in [0, 0.05) is 23.2 Å². The molecule has 2 nitrogen and oxygen atoms in total. The molecule has 88 valence electrons. The van der Waals surface area contributed by atoms with Crippen molar-refractivity contribution < 1.29 is 4.74 Å². The number of hydrogen-bond donors (Lipinski definition) is 1. The van der Waals surface area contributed by atoms with Gasteiger partial charge in [-0.25, -0.2) is 0 Å². The summed E-state index contributed by atoms with van der Waals surface area (Å²) < 4.78 is 5.32.